The second-order valence-corrected chi connectivity index (χ2v) is 4.04. The van der Waals surface area contributed by atoms with Gasteiger partial charge in [0.05, 0.1) is 17.9 Å². The quantitative estimate of drug-likeness (QED) is 0.864. The van der Waals surface area contributed by atoms with Gasteiger partial charge in [-0.25, -0.2) is 4.68 Å². The molecule has 0 bridgehead atoms. The molecule has 90 valence electrons. The van der Waals surface area contributed by atoms with Crippen LogP contribution < -0.4 is 5.73 Å². The third-order valence-electron chi connectivity index (χ3n) is 2.78. The first-order valence-electron chi connectivity index (χ1n) is 5.79. The van der Waals surface area contributed by atoms with Crippen molar-refractivity contribution in [3.63, 3.8) is 0 Å². The third kappa shape index (κ3) is 2.34. The predicted octanol–water partition coefficient (Wildman–Crippen LogP) is 1.44. The van der Waals surface area contributed by atoms with E-state index in [2.05, 4.69) is 22.2 Å². The molecule has 0 aromatic carbocycles. The number of aryl methyl sites for hydroxylation is 2. The van der Waals surface area contributed by atoms with Crippen LogP contribution in [0.5, 0.6) is 0 Å². The molecule has 0 radical (unpaired) electrons. The molecule has 2 N–H and O–H groups in total. The van der Waals surface area contributed by atoms with Crippen molar-refractivity contribution in [2.45, 2.75) is 32.9 Å². The summed E-state index contributed by atoms with van der Waals surface area (Å²) >= 11 is 0. The largest absolute Gasteiger partial charge is 0.319 e. The van der Waals surface area contributed by atoms with Crippen molar-refractivity contribution in [2.75, 3.05) is 0 Å². The second kappa shape index (κ2) is 5.05. The summed E-state index contributed by atoms with van der Waals surface area (Å²) in [4.78, 5) is 4.26. The highest BCUT2D eigenvalue weighted by molar-refractivity contribution is 5.28. The Labute approximate surface area is 101 Å². The Morgan fingerprint density at radius 1 is 1.47 bits per heavy atom. The molecular formula is C12H17N5. The van der Waals surface area contributed by atoms with Crippen molar-refractivity contribution >= 4 is 0 Å². The van der Waals surface area contributed by atoms with Gasteiger partial charge in [-0.3, -0.25) is 4.98 Å². The van der Waals surface area contributed by atoms with Gasteiger partial charge < -0.3 is 5.73 Å². The Hall–Kier alpha value is -1.75. The van der Waals surface area contributed by atoms with Gasteiger partial charge in [0.15, 0.2) is 0 Å². The van der Waals surface area contributed by atoms with Crippen LogP contribution in [0.25, 0.3) is 0 Å². The zero-order valence-corrected chi connectivity index (χ0v) is 10.2. The van der Waals surface area contributed by atoms with E-state index in [1.165, 1.54) is 0 Å². The summed E-state index contributed by atoms with van der Waals surface area (Å²) in [6.45, 7) is 4.90. The molecule has 0 fully saturated rings. The summed E-state index contributed by atoms with van der Waals surface area (Å²) in [5.74, 6) is 0. The fourth-order valence-electron chi connectivity index (χ4n) is 1.88. The normalized spacial score (nSPS) is 12.6. The van der Waals surface area contributed by atoms with E-state index >= 15 is 0 Å². The lowest BCUT2D eigenvalue weighted by molar-refractivity contribution is 0.543. The van der Waals surface area contributed by atoms with Crippen LogP contribution in [0.4, 0.5) is 0 Å². The van der Waals surface area contributed by atoms with Crippen LogP contribution in [-0.2, 0) is 6.54 Å². The van der Waals surface area contributed by atoms with Crippen molar-refractivity contribution in [1.82, 2.24) is 20.0 Å². The smallest absolute Gasteiger partial charge is 0.0800 e. The molecule has 0 spiro atoms. The van der Waals surface area contributed by atoms with E-state index in [-0.39, 0.29) is 6.04 Å². The minimum Gasteiger partial charge on any atom is -0.319 e. The summed E-state index contributed by atoms with van der Waals surface area (Å²) in [5.41, 5.74) is 9.15. The van der Waals surface area contributed by atoms with Crippen LogP contribution in [0.1, 0.15) is 36.3 Å². The second-order valence-electron chi connectivity index (χ2n) is 4.04. The van der Waals surface area contributed by atoms with E-state index in [0.29, 0.717) is 0 Å². The molecule has 2 aromatic heterocycles. The van der Waals surface area contributed by atoms with Crippen molar-refractivity contribution in [2.24, 2.45) is 5.73 Å². The molecule has 1 unspecified atom stereocenters. The van der Waals surface area contributed by atoms with Gasteiger partial charge in [0.25, 0.3) is 0 Å². The molecule has 17 heavy (non-hydrogen) atoms. The minimum atomic E-state index is -0.217. The van der Waals surface area contributed by atoms with E-state index in [0.717, 1.165) is 29.9 Å². The van der Waals surface area contributed by atoms with Gasteiger partial charge in [0.2, 0.25) is 0 Å². The number of hydrogen-bond acceptors (Lipinski definition) is 4. The van der Waals surface area contributed by atoms with Crippen molar-refractivity contribution in [3.8, 4) is 0 Å². The Morgan fingerprint density at radius 3 is 3.00 bits per heavy atom. The highest BCUT2D eigenvalue weighted by Gasteiger charge is 2.16. The Morgan fingerprint density at radius 2 is 2.29 bits per heavy atom. The van der Waals surface area contributed by atoms with Gasteiger partial charge in [-0.1, -0.05) is 18.2 Å². The first kappa shape index (κ1) is 11.7. The number of rotatable bonds is 4. The molecule has 1 atom stereocenters. The van der Waals surface area contributed by atoms with E-state index in [9.17, 15) is 0 Å². The monoisotopic (exact) mass is 231 g/mol. The molecule has 0 aliphatic rings. The maximum atomic E-state index is 6.25. The van der Waals surface area contributed by atoms with Gasteiger partial charge >= 0.3 is 0 Å². The molecule has 5 heteroatoms. The lowest BCUT2D eigenvalue weighted by Gasteiger charge is -2.14. The standard InChI is InChI=1S/C12H17N5/c1-3-7-17-11(8-15-16-17)12(13)10-5-4-6-14-9(10)2/h4-6,8,12H,3,7,13H2,1-2H3. The zero-order valence-electron chi connectivity index (χ0n) is 10.2. The molecule has 0 saturated heterocycles. The maximum Gasteiger partial charge on any atom is 0.0800 e. The van der Waals surface area contributed by atoms with Crippen LogP contribution in [0.15, 0.2) is 24.5 Å². The Balaban J connectivity index is 2.34. The van der Waals surface area contributed by atoms with Gasteiger partial charge in [0, 0.05) is 18.4 Å². The SMILES string of the molecule is CCCn1nncc1C(N)c1cccnc1C. The highest BCUT2D eigenvalue weighted by Crippen LogP contribution is 2.20. The Bertz CT molecular complexity index is 491. The topological polar surface area (TPSA) is 69.6 Å². The molecule has 2 rings (SSSR count). The molecule has 2 aromatic rings. The number of pyridine rings is 1. The van der Waals surface area contributed by atoms with Crippen LogP contribution >= 0.6 is 0 Å². The molecule has 0 amide bonds. The maximum absolute atomic E-state index is 6.25. The van der Waals surface area contributed by atoms with E-state index in [1.54, 1.807) is 12.4 Å². The molecule has 2 heterocycles. The number of nitrogens with zero attached hydrogens (tertiary/aromatic N) is 4. The average Bonchev–Trinajstić information content (AvgIpc) is 2.78. The summed E-state index contributed by atoms with van der Waals surface area (Å²) in [5, 5.41) is 7.98. The highest BCUT2D eigenvalue weighted by atomic mass is 15.4. The van der Waals surface area contributed by atoms with Gasteiger partial charge in [-0.15, -0.1) is 5.10 Å². The lowest BCUT2D eigenvalue weighted by atomic mass is 10.0. The number of nitrogens with two attached hydrogens (primary N) is 1. The van der Waals surface area contributed by atoms with Crippen LogP contribution in [0.2, 0.25) is 0 Å². The predicted molar refractivity (Wildman–Crippen MR) is 65.3 cm³/mol. The summed E-state index contributed by atoms with van der Waals surface area (Å²) in [6, 6.07) is 3.68. The zero-order chi connectivity index (χ0) is 12.3. The third-order valence-corrected chi connectivity index (χ3v) is 2.78. The van der Waals surface area contributed by atoms with E-state index < -0.39 is 0 Å². The van der Waals surface area contributed by atoms with Gasteiger partial charge in [-0.2, -0.15) is 0 Å². The summed E-state index contributed by atoms with van der Waals surface area (Å²) in [7, 11) is 0. The summed E-state index contributed by atoms with van der Waals surface area (Å²) in [6.07, 6.45) is 4.51. The average molecular weight is 231 g/mol. The molecule has 0 saturated carbocycles. The minimum absolute atomic E-state index is 0.217. The molecule has 0 aliphatic carbocycles. The van der Waals surface area contributed by atoms with Gasteiger partial charge in [-0.05, 0) is 25.0 Å². The number of aromatic nitrogens is 4. The van der Waals surface area contributed by atoms with E-state index in [4.69, 9.17) is 5.73 Å². The molecule has 5 nitrogen and oxygen atoms in total. The first-order valence-corrected chi connectivity index (χ1v) is 5.79. The molecule has 0 aliphatic heterocycles. The fraction of sp³-hybridized carbons (Fsp3) is 0.417. The fourth-order valence-corrected chi connectivity index (χ4v) is 1.88. The summed E-state index contributed by atoms with van der Waals surface area (Å²) < 4.78 is 1.86. The van der Waals surface area contributed by atoms with Crippen molar-refractivity contribution in [3.05, 3.63) is 41.5 Å². The molecular weight excluding hydrogens is 214 g/mol. The van der Waals surface area contributed by atoms with Gasteiger partial charge in [0.1, 0.15) is 0 Å². The van der Waals surface area contributed by atoms with Crippen molar-refractivity contribution in [1.29, 1.82) is 0 Å². The van der Waals surface area contributed by atoms with Crippen LogP contribution in [-0.4, -0.2) is 20.0 Å². The van der Waals surface area contributed by atoms with Crippen LogP contribution in [0, 0.1) is 6.92 Å². The lowest BCUT2D eigenvalue weighted by Crippen LogP contribution is -2.18. The van der Waals surface area contributed by atoms with E-state index in [1.807, 2.05) is 23.7 Å². The Kier molecular flexibility index (Phi) is 3.49. The first-order chi connectivity index (χ1) is 8.24. The number of hydrogen-bond donors (Lipinski definition) is 1. The van der Waals surface area contributed by atoms with Crippen molar-refractivity contribution < 1.29 is 0 Å². The van der Waals surface area contributed by atoms with Crippen LogP contribution in [0.3, 0.4) is 0 Å².